The van der Waals surface area contributed by atoms with Gasteiger partial charge in [-0.05, 0) is 25.3 Å². The van der Waals surface area contributed by atoms with Gasteiger partial charge in [-0.15, -0.1) is 0 Å². The Morgan fingerprint density at radius 1 is 1.50 bits per heavy atom. The van der Waals surface area contributed by atoms with Crippen molar-refractivity contribution in [2.75, 3.05) is 13.7 Å². The zero-order valence-electron chi connectivity index (χ0n) is 11.8. The number of benzene rings is 1. The number of fused-ring (bicyclic) bond motifs is 1. The molecule has 1 saturated heterocycles. The fourth-order valence-electron chi connectivity index (χ4n) is 2.64. The highest BCUT2D eigenvalue weighted by Gasteiger charge is 2.23. The van der Waals surface area contributed by atoms with E-state index in [0.29, 0.717) is 5.69 Å². The smallest absolute Gasteiger partial charge is 0.359 e. The molecule has 2 aromatic rings. The van der Waals surface area contributed by atoms with Gasteiger partial charge in [0, 0.05) is 12.0 Å². The number of methoxy groups -OCH3 is 1. The van der Waals surface area contributed by atoms with Crippen LogP contribution in [-0.4, -0.2) is 37.3 Å². The zero-order chi connectivity index (χ0) is 14.1. The molecular formula is C14H17BN2O3. The first-order chi connectivity index (χ1) is 9.70. The molecule has 0 amide bonds. The maximum Gasteiger partial charge on any atom is 0.359 e. The van der Waals surface area contributed by atoms with E-state index in [-0.39, 0.29) is 6.23 Å². The van der Waals surface area contributed by atoms with E-state index < -0.39 is 5.97 Å². The van der Waals surface area contributed by atoms with Gasteiger partial charge in [-0.3, -0.25) is 0 Å². The number of carbonyl (C=O) groups is 1. The minimum atomic E-state index is -0.407. The van der Waals surface area contributed by atoms with Crippen LogP contribution >= 0.6 is 0 Å². The monoisotopic (exact) mass is 272 g/mol. The second kappa shape index (κ2) is 5.29. The second-order valence-electron chi connectivity index (χ2n) is 5.13. The molecular weight excluding hydrogens is 255 g/mol. The fourth-order valence-corrected chi connectivity index (χ4v) is 2.64. The third kappa shape index (κ3) is 2.20. The van der Waals surface area contributed by atoms with Crippen molar-refractivity contribution in [2.24, 2.45) is 0 Å². The van der Waals surface area contributed by atoms with Gasteiger partial charge in [-0.25, -0.2) is 9.48 Å². The van der Waals surface area contributed by atoms with Gasteiger partial charge in [0.2, 0.25) is 0 Å². The molecule has 0 bridgehead atoms. The Morgan fingerprint density at radius 2 is 2.35 bits per heavy atom. The van der Waals surface area contributed by atoms with Gasteiger partial charge in [-0.1, -0.05) is 17.6 Å². The summed E-state index contributed by atoms with van der Waals surface area (Å²) in [6.45, 7) is 0.742. The van der Waals surface area contributed by atoms with E-state index in [9.17, 15) is 4.79 Å². The predicted octanol–water partition coefficient (Wildman–Crippen LogP) is 0.780. The molecule has 1 aliphatic rings. The minimum absolute atomic E-state index is 0.0904. The summed E-state index contributed by atoms with van der Waals surface area (Å²) < 4.78 is 12.4. The molecule has 1 aliphatic heterocycles. The molecule has 6 heteroatoms. The third-order valence-electron chi connectivity index (χ3n) is 3.67. The van der Waals surface area contributed by atoms with Crippen molar-refractivity contribution in [1.82, 2.24) is 9.78 Å². The summed E-state index contributed by atoms with van der Waals surface area (Å²) >= 11 is 0. The van der Waals surface area contributed by atoms with Crippen molar-refractivity contribution in [3.05, 3.63) is 23.9 Å². The van der Waals surface area contributed by atoms with Crippen molar-refractivity contribution in [2.45, 2.75) is 25.5 Å². The lowest BCUT2D eigenvalue weighted by molar-refractivity contribution is -0.0369. The first-order valence-corrected chi connectivity index (χ1v) is 6.89. The molecule has 20 heavy (non-hydrogen) atoms. The summed E-state index contributed by atoms with van der Waals surface area (Å²) in [4.78, 5) is 11.9. The first-order valence-electron chi connectivity index (χ1n) is 6.89. The molecule has 1 atom stereocenters. The third-order valence-corrected chi connectivity index (χ3v) is 3.67. The van der Waals surface area contributed by atoms with Crippen LogP contribution in [0.3, 0.4) is 0 Å². The van der Waals surface area contributed by atoms with Crippen LogP contribution in [0.2, 0.25) is 0 Å². The van der Waals surface area contributed by atoms with Crippen LogP contribution in [-0.2, 0) is 9.47 Å². The van der Waals surface area contributed by atoms with Crippen LogP contribution in [0.5, 0.6) is 0 Å². The van der Waals surface area contributed by atoms with Crippen molar-refractivity contribution in [3.63, 3.8) is 0 Å². The molecule has 0 radical (unpaired) electrons. The molecule has 1 aromatic heterocycles. The highest BCUT2D eigenvalue weighted by Crippen LogP contribution is 2.27. The Hall–Kier alpha value is -1.82. The van der Waals surface area contributed by atoms with E-state index in [2.05, 4.69) is 5.10 Å². The lowest BCUT2D eigenvalue weighted by Gasteiger charge is -2.23. The van der Waals surface area contributed by atoms with E-state index in [4.69, 9.17) is 9.47 Å². The van der Waals surface area contributed by atoms with E-state index in [1.165, 1.54) is 7.11 Å². The normalized spacial score (nSPS) is 19.1. The molecule has 0 aliphatic carbocycles. The first kappa shape index (κ1) is 13.2. The number of carbonyl (C=O) groups excluding carboxylic acids is 1. The maximum absolute atomic E-state index is 11.9. The van der Waals surface area contributed by atoms with Crippen LogP contribution < -0.4 is 5.46 Å². The number of hydrogen-bond acceptors (Lipinski definition) is 4. The largest absolute Gasteiger partial charge is 0.464 e. The molecule has 0 N–H and O–H groups in total. The Morgan fingerprint density at radius 3 is 3.05 bits per heavy atom. The van der Waals surface area contributed by atoms with Crippen LogP contribution in [0.15, 0.2) is 18.2 Å². The van der Waals surface area contributed by atoms with Gasteiger partial charge in [-0.2, -0.15) is 5.10 Å². The summed E-state index contributed by atoms with van der Waals surface area (Å²) in [5, 5.41) is 5.27. The summed E-state index contributed by atoms with van der Waals surface area (Å²) in [5.41, 5.74) is 2.37. The predicted molar refractivity (Wildman–Crippen MR) is 78.1 cm³/mol. The minimum Gasteiger partial charge on any atom is -0.464 e. The molecule has 3 rings (SSSR count). The van der Waals surface area contributed by atoms with Crippen LogP contribution in [0.25, 0.3) is 10.9 Å². The quantitative estimate of drug-likeness (QED) is 0.599. The van der Waals surface area contributed by atoms with Crippen molar-refractivity contribution >= 4 is 30.2 Å². The van der Waals surface area contributed by atoms with E-state index in [1.807, 2.05) is 30.7 Å². The summed E-state index contributed by atoms with van der Waals surface area (Å²) in [6, 6.07) is 5.97. The molecule has 1 fully saturated rings. The number of hydrogen-bond donors (Lipinski definition) is 0. The van der Waals surface area contributed by atoms with Crippen molar-refractivity contribution in [1.29, 1.82) is 0 Å². The lowest BCUT2D eigenvalue weighted by atomic mass is 9.94. The lowest BCUT2D eigenvalue weighted by Crippen LogP contribution is -2.19. The van der Waals surface area contributed by atoms with Crippen LogP contribution in [0.4, 0.5) is 0 Å². The average Bonchev–Trinajstić information content (AvgIpc) is 2.86. The molecule has 1 aromatic carbocycles. The van der Waals surface area contributed by atoms with Gasteiger partial charge in [0.15, 0.2) is 11.9 Å². The second-order valence-corrected chi connectivity index (χ2v) is 5.13. The van der Waals surface area contributed by atoms with E-state index in [1.54, 1.807) is 0 Å². The summed E-state index contributed by atoms with van der Waals surface area (Å²) in [7, 11) is 3.37. The molecule has 1 unspecified atom stereocenters. The molecule has 0 spiro atoms. The Bertz CT molecular complexity index is 647. The van der Waals surface area contributed by atoms with Crippen LogP contribution in [0, 0.1) is 0 Å². The van der Waals surface area contributed by atoms with Crippen LogP contribution in [0.1, 0.15) is 36.0 Å². The SMILES string of the molecule is Bc1ccc2c(c1)c(C(=O)OC)nn2C1CCCCO1. The van der Waals surface area contributed by atoms with E-state index in [0.717, 1.165) is 42.2 Å². The summed E-state index contributed by atoms with van der Waals surface area (Å²) in [5.74, 6) is -0.407. The molecule has 2 heterocycles. The Balaban J connectivity index is 2.14. The number of aromatic nitrogens is 2. The van der Waals surface area contributed by atoms with Crippen molar-refractivity contribution < 1.29 is 14.3 Å². The zero-order valence-corrected chi connectivity index (χ0v) is 11.8. The molecule has 5 nitrogen and oxygen atoms in total. The van der Waals surface area contributed by atoms with Gasteiger partial charge in [0.25, 0.3) is 0 Å². The van der Waals surface area contributed by atoms with Gasteiger partial charge >= 0.3 is 5.97 Å². The fraction of sp³-hybridized carbons (Fsp3) is 0.429. The highest BCUT2D eigenvalue weighted by molar-refractivity contribution is 6.33. The standard InChI is InChI=1S/C14H17BN2O3/c1-19-14(18)13-10-8-9(15)5-6-11(10)17(16-13)12-4-2-3-7-20-12/h5-6,8,12H,2-4,7,15H2,1H3. The average molecular weight is 272 g/mol. The Kier molecular flexibility index (Phi) is 3.48. The van der Waals surface area contributed by atoms with Crippen molar-refractivity contribution in [3.8, 4) is 0 Å². The van der Waals surface area contributed by atoms with Gasteiger partial charge in [0.05, 0.1) is 12.6 Å². The number of esters is 1. The Labute approximate surface area is 118 Å². The summed E-state index contributed by atoms with van der Waals surface area (Å²) in [6.07, 6.45) is 3.03. The highest BCUT2D eigenvalue weighted by atomic mass is 16.5. The molecule has 104 valence electrons. The number of nitrogens with zero attached hydrogens (tertiary/aromatic N) is 2. The molecule has 0 saturated carbocycles. The van der Waals surface area contributed by atoms with Gasteiger partial charge < -0.3 is 9.47 Å². The van der Waals surface area contributed by atoms with Gasteiger partial charge in [0.1, 0.15) is 7.85 Å². The van der Waals surface area contributed by atoms with E-state index >= 15 is 0 Å². The topological polar surface area (TPSA) is 53.3 Å². The number of ether oxygens (including phenoxy) is 2. The number of rotatable bonds is 2. The maximum atomic E-state index is 11.9.